The Morgan fingerprint density at radius 1 is 1.38 bits per heavy atom. The molecule has 6 nitrogen and oxygen atoms in total. The molecule has 0 radical (unpaired) electrons. The summed E-state index contributed by atoms with van der Waals surface area (Å²) in [4.78, 5) is 22.0. The van der Waals surface area contributed by atoms with Crippen molar-refractivity contribution < 1.29 is 9.32 Å². The molecule has 0 spiro atoms. The van der Waals surface area contributed by atoms with Crippen LogP contribution in [-0.2, 0) is 11.2 Å². The molecule has 1 aliphatic rings. The van der Waals surface area contributed by atoms with Crippen molar-refractivity contribution in [2.45, 2.75) is 33.1 Å². The van der Waals surface area contributed by atoms with Crippen LogP contribution in [0.25, 0.3) is 16.6 Å². The first-order chi connectivity index (χ1) is 12.6. The molecule has 6 heteroatoms. The number of nitrogens with one attached hydrogen (secondary N) is 1. The summed E-state index contributed by atoms with van der Waals surface area (Å²) in [6.07, 6.45) is 7.99. The standard InChI is InChI=1S/C20H22N4O2/c1-13-16(14(2)26-23-13)5-6-19(25)24-10-7-15(8-11-24)18-12-22-20-17(18)4-3-9-21-20/h3-4,7,9,12H,5-6,8,10-11H2,1-2H3,(H,21,22). The molecular formula is C20H22N4O2. The summed E-state index contributed by atoms with van der Waals surface area (Å²) < 4.78 is 5.17. The minimum Gasteiger partial charge on any atom is -0.361 e. The van der Waals surface area contributed by atoms with Crippen molar-refractivity contribution in [3.63, 3.8) is 0 Å². The second kappa shape index (κ2) is 6.78. The highest BCUT2D eigenvalue weighted by Crippen LogP contribution is 2.28. The molecule has 1 amide bonds. The molecule has 134 valence electrons. The second-order valence-electron chi connectivity index (χ2n) is 6.72. The Bertz CT molecular complexity index is 963. The van der Waals surface area contributed by atoms with E-state index in [1.807, 2.05) is 31.0 Å². The van der Waals surface area contributed by atoms with E-state index < -0.39 is 0 Å². The van der Waals surface area contributed by atoms with Crippen molar-refractivity contribution in [2.24, 2.45) is 0 Å². The summed E-state index contributed by atoms with van der Waals surface area (Å²) >= 11 is 0. The number of hydrogen-bond donors (Lipinski definition) is 1. The SMILES string of the molecule is Cc1noc(C)c1CCC(=O)N1CC=C(c2c[nH]c3ncccc23)CC1. The van der Waals surface area contributed by atoms with Gasteiger partial charge in [-0.05, 0) is 44.4 Å². The highest BCUT2D eigenvalue weighted by molar-refractivity contribution is 5.91. The van der Waals surface area contributed by atoms with Crippen molar-refractivity contribution in [3.05, 3.63) is 53.2 Å². The number of carbonyl (C=O) groups is 1. The average molecular weight is 350 g/mol. The first-order valence-electron chi connectivity index (χ1n) is 8.94. The smallest absolute Gasteiger partial charge is 0.223 e. The van der Waals surface area contributed by atoms with Crippen LogP contribution < -0.4 is 0 Å². The Kier molecular flexibility index (Phi) is 4.32. The molecular weight excluding hydrogens is 328 g/mol. The minimum absolute atomic E-state index is 0.181. The van der Waals surface area contributed by atoms with Crippen LogP contribution in [0.2, 0.25) is 0 Å². The van der Waals surface area contributed by atoms with E-state index in [2.05, 4.69) is 27.3 Å². The number of aromatic amines is 1. The number of aryl methyl sites for hydroxylation is 2. The molecule has 0 unspecified atom stereocenters. The molecule has 4 rings (SSSR count). The summed E-state index contributed by atoms with van der Waals surface area (Å²) in [6, 6.07) is 4.03. The highest BCUT2D eigenvalue weighted by Gasteiger charge is 2.20. The zero-order chi connectivity index (χ0) is 18.1. The van der Waals surface area contributed by atoms with Gasteiger partial charge in [-0.2, -0.15) is 0 Å². The van der Waals surface area contributed by atoms with E-state index in [1.165, 1.54) is 11.1 Å². The fourth-order valence-electron chi connectivity index (χ4n) is 3.61. The van der Waals surface area contributed by atoms with Gasteiger partial charge in [0.15, 0.2) is 0 Å². The van der Waals surface area contributed by atoms with Crippen molar-refractivity contribution in [1.82, 2.24) is 20.0 Å². The third kappa shape index (κ3) is 3.03. The molecule has 3 aromatic heterocycles. The molecule has 0 aliphatic carbocycles. The zero-order valence-electron chi connectivity index (χ0n) is 15.1. The first kappa shape index (κ1) is 16.6. The van der Waals surface area contributed by atoms with Gasteiger partial charge in [0.25, 0.3) is 0 Å². The van der Waals surface area contributed by atoms with Gasteiger partial charge in [-0.1, -0.05) is 11.2 Å². The topological polar surface area (TPSA) is 75.0 Å². The van der Waals surface area contributed by atoms with Crippen LogP contribution in [0.4, 0.5) is 0 Å². The van der Waals surface area contributed by atoms with Gasteiger partial charge in [0.05, 0.1) is 5.69 Å². The third-order valence-electron chi connectivity index (χ3n) is 5.13. The van der Waals surface area contributed by atoms with Crippen LogP contribution in [0, 0.1) is 13.8 Å². The molecule has 0 atom stereocenters. The molecule has 3 aromatic rings. The fourth-order valence-corrected chi connectivity index (χ4v) is 3.61. The number of aromatic nitrogens is 3. The van der Waals surface area contributed by atoms with Gasteiger partial charge < -0.3 is 14.4 Å². The van der Waals surface area contributed by atoms with Gasteiger partial charge in [-0.3, -0.25) is 4.79 Å². The van der Waals surface area contributed by atoms with Crippen LogP contribution in [0.5, 0.6) is 0 Å². The molecule has 26 heavy (non-hydrogen) atoms. The van der Waals surface area contributed by atoms with Crippen LogP contribution in [0.3, 0.4) is 0 Å². The Hall–Kier alpha value is -2.89. The Balaban J connectivity index is 1.41. The van der Waals surface area contributed by atoms with Gasteiger partial charge in [0.1, 0.15) is 11.4 Å². The van der Waals surface area contributed by atoms with E-state index in [0.29, 0.717) is 19.4 Å². The van der Waals surface area contributed by atoms with Crippen LogP contribution >= 0.6 is 0 Å². The lowest BCUT2D eigenvalue weighted by atomic mass is 9.99. The predicted molar refractivity (Wildman–Crippen MR) is 99.6 cm³/mol. The van der Waals surface area contributed by atoms with E-state index >= 15 is 0 Å². The molecule has 0 saturated carbocycles. The molecule has 0 bridgehead atoms. The number of nitrogens with zero attached hydrogens (tertiary/aromatic N) is 3. The minimum atomic E-state index is 0.181. The molecule has 1 N–H and O–H groups in total. The number of carbonyl (C=O) groups excluding carboxylic acids is 1. The molecule has 0 fully saturated rings. The maximum absolute atomic E-state index is 12.6. The second-order valence-corrected chi connectivity index (χ2v) is 6.72. The number of H-pyrrole nitrogens is 1. The van der Waals surface area contributed by atoms with Gasteiger partial charge >= 0.3 is 0 Å². The molecule has 1 aliphatic heterocycles. The van der Waals surface area contributed by atoms with Crippen molar-refractivity contribution in [2.75, 3.05) is 13.1 Å². The quantitative estimate of drug-likeness (QED) is 0.782. The lowest BCUT2D eigenvalue weighted by molar-refractivity contribution is -0.130. The molecule has 0 saturated heterocycles. The number of rotatable bonds is 4. The van der Waals surface area contributed by atoms with Gasteiger partial charge in [-0.15, -0.1) is 0 Å². The van der Waals surface area contributed by atoms with Crippen molar-refractivity contribution in [3.8, 4) is 0 Å². The maximum Gasteiger partial charge on any atom is 0.223 e. The van der Waals surface area contributed by atoms with Gasteiger partial charge in [-0.25, -0.2) is 4.98 Å². The number of pyridine rings is 1. The monoisotopic (exact) mass is 350 g/mol. The lowest BCUT2D eigenvalue weighted by Crippen LogP contribution is -2.34. The highest BCUT2D eigenvalue weighted by atomic mass is 16.5. The predicted octanol–water partition coefficient (Wildman–Crippen LogP) is 3.42. The van der Waals surface area contributed by atoms with Crippen molar-refractivity contribution >= 4 is 22.5 Å². The lowest BCUT2D eigenvalue weighted by Gasteiger charge is -2.26. The van der Waals surface area contributed by atoms with E-state index in [-0.39, 0.29) is 5.91 Å². The summed E-state index contributed by atoms with van der Waals surface area (Å²) in [5.41, 5.74) is 5.30. The van der Waals surface area contributed by atoms with Crippen molar-refractivity contribution in [1.29, 1.82) is 0 Å². The molecule has 4 heterocycles. The Morgan fingerprint density at radius 2 is 2.27 bits per heavy atom. The largest absolute Gasteiger partial charge is 0.361 e. The third-order valence-corrected chi connectivity index (χ3v) is 5.13. The average Bonchev–Trinajstić information content (AvgIpc) is 3.23. The Morgan fingerprint density at radius 3 is 3.00 bits per heavy atom. The van der Waals surface area contributed by atoms with Gasteiger partial charge in [0, 0.05) is 48.4 Å². The number of hydrogen-bond acceptors (Lipinski definition) is 4. The summed E-state index contributed by atoms with van der Waals surface area (Å²) in [5, 5.41) is 5.09. The van der Waals surface area contributed by atoms with E-state index in [1.54, 1.807) is 6.20 Å². The fraction of sp³-hybridized carbons (Fsp3) is 0.350. The summed E-state index contributed by atoms with van der Waals surface area (Å²) in [6.45, 7) is 5.22. The van der Waals surface area contributed by atoms with E-state index in [4.69, 9.17) is 4.52 Å². The Labute approximate surface area is 151 Å². The van der Waals surface area contributed by atoms with Gasteiger partial charge in [0.2, 0.25) is 5.91 Å². The summed E-state index contributed by atoms with van der Waals surface area (Å²) in [5.74, 6) is 0.991. The normalized spacial score (nSPS) is 14.7. The van der Waals surface area contributed by atoms with Crippen LogP contribution in [-0.4, -0.2) is 39.0 Å². The zero-order valence-corrected chi connectivity index (χ0v) is 15.1. The number of amides is 1. The molecule has 0 aromatic carbocycles. The number of fused-ring (bicyclic) bond motifs is 1. The van der Waals surface area contributed by atoms with Crippen LogP contribution in [0.1, 0.15) is 35.4 Å². The van der Waals surface area contributed by atoms with E-state index in [0.717, 1.165) is 41.0 Å². The summed E-state index contributed by atoms with van der Waals surface area (Å²) in [7, 11) is 0. The maximum atomic E-state index is 12.6. The van der Waals surface area contributed by atoms with Crippen LogP contribution in [0.15, 0.2) is 35.1 Å². The van der Waals surface area contributed by atoms with E-state index in [9.17, 15) is 4.79 Å². The first-order valence-corrected chi connectivity index (χ1v) is 8.94.